The predicted molar refractivity (Wildman–Crippen MR) is 82.3 cm³/mol. The predicted octanol–water partition coefficient (Wildman–Crippen LogP) is 2.30. The molecule has 1 aromatic carbocycles. The Morgan fingerprint density at radius 2 is 1.86 bits per heavy atom. The number of hydrogen-bond acceptors (Lipinski definition) is 3. The lowest BCUT2D eigenvalue weighted by Crippen LogP contribution is -2.35. The summed E-state index contributed by atoms with van der Waals surface area (Å²) in [6, 6.07) is 7.39. The van der Waals surface area contributed by atoms with Crippen LogP contribution < -0.4 is 10.6 Å². The second-order valence-electron chi connectivity index (χ2n) is 4.29. The van der Waals surface area contributed by atoms with Crippen molar-refractivity contribution in [3.63, 3.8) is 0 Å². The first-order valence-corrected chi connectivity index (χ1v) is 7.02. The lowest BCUT2D eigenvalue weighted by atomic mass is 10.1. The summed E-state index contributed by atoms with van der Waals surface area (Å²) in [6.07, 6.45) is 2.00. The van der Waals surface area contributed by atoms with E-state index in [0.29, 0.717) is 31.0 Å². The molecule has 0 atom stereocenters. The quantitative estimate of drug-likeness (QED) is 0.572. The molecular formula is C15H19ClN2O3. The van der Waals surface area contributed by atoms with Crippen molar-refractivity contribution in [3.8, 4) is 0 Å². The van der Waals surface area contributed by atoms with Crippen LogP contribution in [0.2, 0.25) is 5.02 Å². The minimum atomic E-state index is -0.523. The van der Waals surface area contributed by atoms with Gasteiger partial charge in [-0.3, -0.25) is 4.79 Å². The van der Waals surface area contributed by atoms with E-state index >= 15 is 0 Å². The lowest BCUT2D eigenvalue weighted by Gasteiger charge is -2.07. The molecule has 6 heteroatoms. The molecule has 0 saturated heterocycles. The van der Waals surface area contributed by atoms with Gasteiger partial charge in [0, 0.05) is 24.5 Å². The van der Waals surface area contributed by atoms with Crippen molar-refractivity contribution in [3.05, 3.63) is 47.5 Å². The minimum Gasteiger partial charge on any atom is -0.445 e. The van der Waals surface area contributed by atoms with Gasteiger partial charge in [0.05, 0.1) is 0 Å². The Bertz CT molecular complexity index is 474. The van der Waals surface area contributed by atoms with Crippen molar-refractivity contribution in [1.82, 2.24) is 10.6 Å². The summed E-state index contributed by atoms with van der Waals surface area (Å²) in [4.78, 5) is 22.7. The highest BCUT2D eigenvalue weighted by Gasteiger charge is 2.03. The maximum atomic E-state index is 11.6. The smallest absolute Gasteiger partial charge is 0.407 e. The van der Waals surface area contributed by atoms with Gasteiger partial charge in [-0.2, -0.15) is 0 Å². The minimum absolute atomic E-state index is 0.0637. The Balaban J connectivity index is 2.10. The fourth-order valence-electron chi connectivity index (χ4n) is 1.55. The molecule has 0 bridgehead atoms. The number of ether oxygens (including phenoxy) is 1. The van der Waals surface area contributed by atoms with E-state index in [4.69, 9.17) is 16.3 Å². The highest BCUT2D eigenvalue weighted by atomic mass is 35.5. The first-order valence-electron chi connectivity index (χ1n) is 6.64. The summed E-state index contributed by atoms with van der Waals surface area (Å²) >= 11 is 5.79. The largest absolute Gasteiger partial charge is 0.445 e. The molecule has 0 aromatic heterocycles. The molecule has 2 N–H and O–H groups in total. The van der Waals surface area contributed by atoms with Crippen LogP contribution in [0.25, 0.3) is 0 Å². The van der Waals surface area contributed by atoms with Crippen molar-refractivity contribution in [2.45, 2.75) is 12.8 Å². The van der Waals surface area contributed by atoms with E-state index in [9.17, 15) is 9.59 Å². The average Bonchev–Trinajstić information content (AvgIpc) is 2.49. The second kappa shape index (κ2) is 9.83. The van der Waals surface area contributed by atoms with E-state index in [1.54, 1.807) is 12.1 Å². The van der Waals surface area contributed by atoms with E-state index in [-0.39, 0.29) is 12.5 Å². The normalized spacial score (nSPS) is 9.76. The summed E-state index contributed by atoms with van der Waals surface area (Å²) in [5.41, 5.74) is 1.06. The van der Waals surface area contributed by atoms with Gasteiger partial charge in [-0.15, -0.1) is 0 Å². The highest BCUT2D eigenvalue weighted by Crippen LogP contribution is 2.10. The SMILES string of the molecule is C=CCOC(=O)NCCNC(=O)CCc1ccc(Cl)cc1. The van der Waals surface area contributed by atoms with Crippen LogP contribution in [0.3, 0.4) is 0 Å². The Morgan fingerprint density at radius 3 is 2.52 bits per heavy atom. The second-order valence-corrected chi connectivity index (χ2v) is 4.73. The van der Waals surface area contributed by atoms with Crippen molar-refractivity contribution >= 4 is 23.6 Å². The van der Waals surface area contributed by atoms with Gasteiger partial charge in [-0.05, 0) is 24.1 Å². The number of carbonyl (C=O) groups excluding carboxylic acids is 2. The van der Waals surface area contributed by atoms with Gasteiger partial charge in [-0.1, -0.05) is 36.4 Å². The number of nitrogens with one attached hydrogen (secondary N) is 2. The van der Waals surface area contributed by atoms with Crippen LogP contribution in [0.1, 0.15) is 12.0 Å². The lowest BCUT2D eigenvalue weighted by molar-refractivity contribution is -0.121. The molecule has 0 unspecified atom stereocenters. The van der Waals surface area contributed by atoms with Gasteiger partial charge >= 0.3 is 6.09 Å². The van der Waals surface area contributed by atoms with Crippen LogP contribution in [0.4, 0.5) is 4.79 Å². The molecule has 2 amide bonds. The van der Waals surface area contributed by atoms with Crippen LogP contribution >= 0.6 is 11.6 Å². The molecule has 0 aliphatic rings. The van der Waals surface area contributed by atoms with Crippen molar-refractivity contribution in [2.24, 2.45) is 0 Å². The molecule has 0 radical (unpaired) electrons. The van der Waals surface area contributed by atoms with Gasteiger partial charge in [0.15, 0.2) is 0 Å². The maximum Gasteiger partial charge on any atom is 0.407 e. The van der Waals surface area contributed by atoms with Gasteiger partial charge in [0.25, 0.3) is 0 Å². The molecule has 1 rings (SSSR count). The number of benzene rings is 1. The summed E-state index contributed by atoms with van der Waals surface area (Å²) in [5.74, 6) is -0.0637. The molecule has 21 heavy (non-hydrogen) atoms. The first kappa shape index (κ1) is 17.0. The number of hydrogen-bond donors (Lipinski definition) is 2. The third kappa shape index (κ3) is 7.99. The molecular weight excluding hydrogens is 292 g/mol. The number of amides is 2. The molecule has 0 fully saturated rings. The first-order chi connectivity index (χ1) is 10.1. The molecule has 5 nitrogen and oxygen atoms in total. The van der Waals surface area contributed by atoms with Gasteiger partial charge in [0.2, 0.25) is 5.91 Å². The molecule has 0 aliphatic heterocycles. The van der Waals surface area contributed by atoms with Crippen LogP contribution in [0.5, 0.6) is 0 Å². The number of carbonyl (C=O) groups is 2. The zero-order chi connectivity index (χ0) is 15.5. The topological polar surface area (TPSA) is 67.4 Å². The Labute approximate surface area is 129 Å². The summed E-state index contributed by atoms with van der Waals surface area (Å²) in [6.45, 7) is 4.28. The number of halogens is 1. The molecule has 0 heterocycles. The maximum absolute atomic E-state index is 11.6. The number of alkyl carbamates (subject to hydrolysis) is 1. The third-order valence-electron chi connectivity index (χ3n) is 2.60. The fourth-order valence-corrected chi connectivity index (χ4v) is 1.68. The number of aryl methyl sites for hydroxylation is 1. The molecule has 1 aromatic rings. The molecule has 114 valence electrons. The highest BCUT2D eigenvalue weighted by molar-refractivity contribution is 6.30. The van der Waals surface area contributed by atoms with E-state index in [1.807, 2.05) is 12.1 Å². The Kier molecular flexibility index (Phi) is 7.97. The number of rotatable bonds is 8. The Hall–Kier alpha value is -2.01. The summed E-state index contributed by atoms with van der Waals surface area (Å²) < 4.78 is 4.72. The fraction of sp³-hybridized carbons (Fsp3) is 0.333. The van der Waals surface area contributed by atoms with Crippen LogP contribution in [0.15, 0.2) is 36.9 Å². The van der Waals surface area contributed by atoms with E-state index < -0.39 is 6.09 Å². The molecule has 0 spiro atoms. The van der Waals surface area contributed by atoms with E-state index in [1.165, 1.54) is 6.08 Å². The van der Waals surface area contributed by atoms with E-state index in [0.717, 1.165) is 5.56 Å². The van der Waals surface area contributed by atoms with Crippen LogP contribution in [0, 0.1) is 0 Å². The molecule has 0 aliphatic carbocycles. The summed E-state index contributed by atoms with van der Waals surface area (Å²) in [7, 11) is 0. The van der Waals surface area contributed by atoms with Crippen molar-refractivity contribution in [2.75, 3.05) is 19.7 Å². The molecule has 0 saturated carbocycles. The van der Waals surface area contributed by atoms with Gasteiger partial charge in [0.1, 0.15) is 6.61 Å². The third-order valence-corrected chi connectivity index (χ3v) is 2.85. The van der Waals surface area contributed by atoms with E-state index in [2.05, 4.69) is 17.2 Å². The van der Waals surface area contributed by atoms with Crippen molar-refractivity contribution < 1.29 is 14.3 Å². The van der Waals surface area contributed by atoms with Gasteiger partial charge < -0.3 is 15.4 Å². The summed E-state index contributed by atoms with van der Waals surface area (Å²) in [5, 5.41) is 5.91. The zero-order valence-corrected chi connectivity index (χ0v) is 12.5. The van der Waals surface area contributed by atoms with Crippen LogP contribution in [-0.4, -0.2) is 31.7 Å². The van der Waals surface area contributed by atoms with Crippen molar-refractivity contribution in [1.29, 1.82) is 0 Å². The monoisotopic (exact) mass is 310 g/mol. The van der Waals surface area contributed by atoms with Gasteiger partial charge in [-0.25, -0.2) is 4.79 Å². The Morgan fingerprint density at radius 1 is 1.19 bits per heavy atom. The zero-order valence-electron chi connectivity index (χ0n) is 11.7. The standard InChI is InChI=1S/C15H19ClN2O3/c1-2-11-21-15(20)18-10-9-17-14(19)8-5-12-3-6-13(16)7-4-12/h2-4,6-7H,1,5,8-11H2,(H,17,19)(H,18,20). The van der Waals surface area contributed by atoms with Crippen LogP contribution in [-0.2, 0) is 16.0 Å². The average molecular weight is 311 g/mol.